The number of rotatable bonds is 3. The molecule has 26 heavy (non-hydrogen) atoms. The van der Waals surface area contributed by atoms with Gasteiger partial charge in [0.2, 0.25) is 0 Å². The second-order valence-corrected chi connectivity index (χ2v) is 7.65. The topological polar surface area (TPSA) is 85.8 Å². The SMILES string of the molecule is N#Cc1ccc(NS(=O)(=O)c2c[nH]c3c2CC(C(F)(F)F)CC3)c(F)c1. The van der Waals surface area contributed by atoms with Gasteiger partial charge in [-0.15, -0.1) is 0 Å². The number of aryl methyl sites for hydroxylation is 1. The number of nitrogens with zero attached hydrogens (tertiary/aromatic N) is 1. The van der Waals surface area contributed by atoms with Gasteiger partial charge in [0.15, 0.2) is 0 Å². The Balaban J connectivity index is 1.93. The Morgan fingerprint density at radius 3 is 2.65 bits per heavy atom. The number of sulfonamides is 1. The van der Waals surface area contributed by atoms with E-state index in [1.165, 1.54) is 6.07 Å². The number of anilines is 1. The number of aromatic amines is 1. The summed E-state index contributed by atoms with van der Waals surface area (Å²) in [5, 5.41) is 8.71. The summed E-state index contributed by atoms with van der Waals surface area (Å²) in [6, 6.07) is 4.90. The van der Waals surface area contributed by atoms with E-state index >= 15 is 0 Å². The van der Waals surface area contributed by atoms with E-state index in [-0.39, 0.29) is 34.6 Å². The summed E-state index contributed by atoms with van der Waals surface area (Å²) < 4.78 is 80.0. The van der Waals surface area contributed by atoms with Crippen molar-refractivity contribution in [3.8, 4) is 6.07 Å². The van der Waals surface area contributed by atoms with Gasteiger partial charge in [-0.1, -0.05) is 0 Å². The lowest BCUT2D eigenvalue weighted by Crippen LogP contribution is -2.29. The van der Waals surface area contributed by atoms with Crippen molar-refractivity contribution in [3.05, 3.63) is 47.0 Å². The molecule has 0 spiro atoms. The van der Waals surface area contributed by atoms with Crippen molar-refractivity contribution < 1.29 is 26.0 Å². The smallest absolute Gasteiger partial charge is 0.363 e. The van der Waals surface area contributed by atoms with Crippen molar-refractivity contribution in [3.63, 3.8) is 0 Å². The summed E-state index contributed by atoms with van der Waals surface area (Å²) in [6.07, 6.45) is -3.78. The molecule has 2 aromatic rings. The molecule has 0 fully saturated rings. The molecule has 0 bridgehead atoms. The molecule has 1 aliphatic carbocycles. The van der Waals surface area contributed by atoms with Crippen LogP contribution in [-0.4, -0.2) is 19.6 Å². The van der Waals surface area contributed by atoms with Crippen LogP contribution in [0.2, 0.25) is 0 Å². The van der Waals surface area contributed by atoms with Gasteiger partial charge in [0, 0.05) is 11.9 Å². The third-order valence-electron chi connectivity index (χ3n) is 4.33. The molecule has 1 unspecified atom stereocenters. The maximum atomic E-state index is 13.9. The second kappa shape index (κ2) is 6.32. The van der Waals surface area contributed by atoms with E-state index in [1.807, 2.05) is 4.72 Å². The number of alkyl halides is 3. The molecule has 1 heterocycles. The van der Waals surface area contributed by atoms with Gasteiger partial charge in [-0.2, -0.15) is 18.4 Å². The second-order valence-electron chi connectivity index (χ2n) is 6.00. The van der Waals surface area contributed by atoms with Crippen LogP contribution in [0.25, 0.3) is 0 Å². The average molecular weight is 387 g/mol. The molecular formula is C16H13F4N3O2S. The molecule has 10 heteroatoms. The molecule has 0 amide bonds. The molecule has 2 N–H and O–H groups in total. The Morgan fingerprint density at radius 1 is 1.31 bits per heavy atom. The number of hydrogen-bond donors (Lipinski definition) is 2. The van der Waals surface area contributed by atoms with Crippen LogP contribution in [0.4, 0.5) is 23.2 Å². The molecule has 138 valence electrons. The molecular weight excluding hydrogens is 374 g/mol. The first-order valence-electron chi connectivity index (χ1n) is 7.60. The normalized spacial score (nSPS) is 17.4. The predicted octanol–water partition coefficient (Wildman–Crippen LogP) is 3.49. The minimum absolute atomic E-state index is 0.0116. The Morgan fingerprint density at radius 2 is 2.04 bits per heavy atom. The van der Waals surface area contributed by atoms with Gasteiger partial charge in [-0.3, -0.25) is 4.72 Å². The van der Waals surface area contributed by atoms with E-state index in [1.54, 1.807) is 6.07 Å². The van der Waals surface area contributed by atoms with Crippen LogP contribution in [-0.2, 0) is 22.9 Å². The van der Waals surface area contributed by atoms with Crippen LogP contribution >= 0.6 is 0 Å². The highest BCUT2D eigenvalue weighted by molar-refractivity contribution is 7.92. The van der Waals surface area contributed by atoms with Crippen molar-refractivity contribution in [2.45, 2.75) is 30.3 Å². The fourth-order valence-electron chi connectivity index (χ4n) is 2.98. The highest BCUT2D eigenvalue weighted by Gasteiger charge is 2.43. The number of aromatic nitrogens is 1. The standard InChI is InChI=1S/C16H13F4N3O2S/c17-12-5-9(7-21)1-3-14(12)23-26(24,25)15-8-22-13-4-2-10(6-11(13)15)16(18,19)20/h1,3,5,8,10,22-23H,2,4,6H2. The van der Waals surface area contributed by atoms with Gasteiger partial charge in [0.05, 0.1) is 23.2 Å². The van der Waals surface area contributed by atoms with Crippen LogP contribution in [0.1, 0.15) is 23.2 Å². The Labute approximate surface area is 146 Å². The first-order valence-corrected chi connectivity index (χ1v) is 9.08. The molecule has 0 radical (unpaired) electrons. The first kappa shape index (κ1) is 18.3. The summed E-state index contributed by atoms with van der Waals surface area (Å²) in [5.74, 6) is -2.57. The molecule has 1 aromatic carbocycles. The molecule has 0 saturated heterocycles. The maximum Gasteiger partial charge on any atom is 0.392 e. The van der Waals surface area contributed by atoms with Crippen LogP contribution in [0.3, 0.4) is 0 Å². The van der Waals surface area contributed by atoms with E-state index in [4.69, 9.17) is 5.26 Å². The highest BCUT2D eigenvalue weighted by atomic mass is 32.2. The summed E-state index contributed by atoms with van der Waals surface area (Å²) in [5.41, 5.74) is 0.130. The van der Waals surface area contributed by atoms with Gasteiger partial charge in [-0.25, -0.2) is 12.8 Å². The molecule has 5 nitrogen and oxygen atoms in total. The maximum absolute atomic E-state index is 13.9. The molecule has 3 rings (SSSR count). The quantitative estimate of drug-likeness (QED) is 0.791. The number of H-pyrrole nitrogens is 1. The third-order valence-corrected chi connectivity index (χ3v) is 5.76. The number of halogens is 4. The van der Waals surface area contributed by atoms with E-state index in [0.717, 1.165) is 18.3 Å². The zero-order valence-corrected chi connectivity index (χ0v) is 14.0. The molecule has 1 aromatic heterocycles. The third kappa shape index (κ3) is 3.39. The molecule has 1 atom stereocenters. The number of nitriles is 1. The van der Waals surface area contributed by atoms with Crippen molar-refractivity contribution >= 4 is 15.7 Å². The lowest BCUT2D eigenvalue weighted by Gasteiger charge is -2.25. The zero-order valence-electron chi connectivity index (χ0n) is 13.2. The Bertz CT molecular complexity index is 990. The van der Waals surface area contributed by atoms with E-state index in [0.29, 0.717) is 5.69 Å². The lowest BCUT2D eigenvalue weighted by atomic mass is 9.87. The largest absolute Gasteiger partial charge is 0.392 e. The Hall–Kier alpha value is -2.54. The lowest BCUT2D eigenvalue weighted by molar-refractivity contribution is -0.177. The zero-order chi connectivity index (χ0) is 19.1. The summed E-state index contributed by atoms with van der Waals surface area (Å²) in [7, 11) is -4.29. The number of hydrogen-bond acceptors (Lipinski definition) is 3. The number of nitrogens with one attached hydrogen (secondary N) is 2. The van der Waals surface area contributed by atoms with Crippen LogP contribution in [0.5, 0.6) is 0 Å². The minimum Gasteiger partial charge on any atom is -0.363 e. The summed E-state index contributed by atoms with van der Waals surface area (Å²) in [6.45, 7) is 0. The summed E-state index contributed by atoms with van der Waals surface area (Å²) >= 11 is 0. The van der Waals surface area contributed by atoms with Crippen LogP contribution < -0.4 is 4.72 Å². The van der Waals surface area contributed by atoms with Crippen molar-refractivity contribution in [2.24, 2.45) is 5.92 Å². The highest BCUT2D eigenvalue weighted by Crippen LogP contribution is 2.39. The van der Waals surface area contributed by atoms with Crippen molar-refractivity contribution in [1.29, 1.82) is 5.26 Å². The number of benzene rings is 1. The van der Waals surface area contributed by atoms with Gasteiger partial charge >= 0.3 is 6.18 Å². The van der Waals surface area contributed by atoms with Gasteiger partial charge in [0.25, 0.3) is 10.0 Å². The molecule has 0 aliphatic heterocycles. The Kier molecular flexibility index (Phi) is 4.44. The van der Waals surface area contributed by atoms with Crippen molar-refractivity contribution in [1.82, 2.24) is 4.98 Å². The predicted molar refractivity (Wildman–Crippen MR) is 84.3 cm³/mol. The fraction of sp³-hybridized carbons (Fsp3) is 0.312. The summed E-state index contributed by atoms with van der Waals surface area (Å²) in [4.78, 5) is 2.37. The van der Waals surface area contributed by atoms with E-state index in [2.05, 4.69) is 4.98 Å². The van der Waals surface area contributed by atoms with Crippen LogP contribution in [0.15, 0.2) is 29.3 Å². The minimum atomic E-state index is -4.41. The van der Waals surface area contributed by atoms with Gasteiger partial charge in [-0.05, 0) is 43.0 Å². The van der Waals surface area contributed by atoms with Crippen LogP contribution in [0, 0.1) is 23.1 Å². The average Bonchev–Trinajstić information content (AvgIpc) is 2.99. The first-order chi connectivity index (χ1) is 12.1. The van der Waals surface area contributed by atoms with Crippen molar-refractivity contribution in [2.75, 3.05) is 4.72 Å². The molecule has 1 aliphatic rings. The monoisotopic (exact) mass is 387 g/mol. The van der Waals surface area contributed by atoms with E-state index < -0.39 is 34.4 Å². The van der Waals surface area contributed by atoms with Gasteiger partial charge in [0.1, 0.15) is 10.7 Å². The fourth-order valence-corrected chi connectivity index (χ4v) is 4.29. The van der Waals surface area contributed by atoms with Gasteiger partial charge < -0.3 is 4.98 Å². The number of fused-ring (bicyclic) bond motifs is 1. The van der Waals surface area contributed by atoms with E-state index in [9.17, 15) is 26.0 Å². The molecule has 0 saturated carbocycles.